The lowest BCUT2D eigenvalue weighted by Gasteiger charge is -2.22. The van der Waals surface area contributed by atoms with Crippen molar-refractivity contribution < 1.29 is 4.79 Å². The van der Waals surface area contributed by atoms with Gasteiger partial charge >= 0.3 is 0 Å². The maximum absolute atomic E-state index is 12.0. The van der Waals surface area contributed by atoms with Gasteiger partial charge in [-0.15, -0.1) is 11.3 Å². The van der Waals surface area contributed by atoms with Crippen LogP contribution in [0.4, 0.5) is 10.9 Å². The first-order valence-electron chi connectivity index (χ1n) is 7.06. The summed E-state index contributed by atoms with van der Waals surface area (Å²) in [7, 11) is 0. The van der Waals surface area contributed by atoms with Crippen molar-refractivity contribution in [2.75, 3.05) is 11.9 Å². The third-order valence-corrected chi connectivity index (χ3v) is 4.31. The highest BCUT2D eigenvalue weighted by molar-refractivity contribution is 7.13. The SMILES string of the molecule is CCC(=O)N1CCC[C@@H]1c1csc(Nc2cnccn2)n1. The molecule has 1 N–H and O–H groups in total. The van der Waals surface area contributed by atoms with E-state index in [9.17, 15) is 4.79 Å². The highest BCUT2D eigenvalue weighted by atomic mass is 32.1. The molecule has 0 radical (unpaired) electrons. The zero-order valence-electron chi connectivity index (χ0n) is 11.8. The number of likely N-dealkylation sites (tertiary alicyclic amines) is 1. The second kappa shape index (κ2) is 6.17. The first kappa shape index (κ1) is 13.9. The lowest BCUT2D eigenvalue weighted by Crippen LogP contribution is -2.29. The van der Waals surface area contributed by atoms with Gasteiger partial charge in [0.1, 0.15) is 0 Å². The highest BCUT2D eigenvalue weighted by Gasteiger charge is 2.30. The minimum atomic E-state index is 0.117. The van der Waals surface area contributed by atoms with Gasteiger partial charge in [0.2, 0.25) is 5.91 Å². The van der Waals surface area contributed by atoms with Gasteiger partial charge in [-0.3, -0.25) is 9.78 Å². The van der Waals surface area contributed by atoms with Crippen molar-refractivity contribution in [2.24, 2.45) is 0 Å². The predicted molar refractivity (Wildman–Crippen MR) is 81.4 cm³/mol. The van der Waals surface area contributed by atoms with Crippen LogP contribution in [0.3, 0.4) is 0 Å². The van der Waals surface area contributed by atoms with Crippen molar-refractivity contribution in [1.29, 1.82) is 0 Å². The number of aromatic nitrogens is 3. The average Bonchev–Trinajstić information content (AvgIpc) is 3.16. The van der Waals surface area contributed by atoms with Gasteiger partial charge in [-0.05, 0) is 12.8 Å². The van der Waals surface area contributed by atoms with Gasteiger partial charge < -0.3 is 10.2 Å². The fourth-order valence-electron chi connectivity index (χ4n) is 2.55. The fourth-order valence-corrected chi connectivity index (χ4v) is 3.31. The van der Waals surface area contributed by atoms with Gasteiger partial charge in [0, 0.05) is 30.7 Å². The van der Waals surface area contributed by atoms with Gasteiger partial charge in [-0.1, -0.05) is 6.92 Å². The molecule has 1 amide bonds. The van der Waals surface area contributed by atoms with Gasteiger partial charge in [0.05, 0.1) is 17.9 Å². The van der Waals surface area contributed by atoms with E-state index in [-0.39, 0.29) is 11.9 Å². The minimum Gasteiger partial charge on any atom is -0.334 e. The third kappa shape index (κ3) is 3.02. The van der Waals surface area contributed by atoms with E-state index in [2.05, 4.69) is 20.3 Å². The van der Waals surface area contributed by atoms with Gasteiger partial charge in [0.25, 0.3) is 0 Å². The first-order valence-corrected chi connectivity index (χ1v) is 7.94. The van der Waals surface area contributed by atoms with E-state index in [0.717, 1.165) is 30.2 Å². The average molecular weight is 303 g/mol. The molecule has 110 valence electrons. The second-order valence-electron chi connectivity index (χ2n) is 4.89. The van der Waals surface area contributed by atoms with Crippen LogP contribution in [0, 0.1) is 0 Å². The molecule has 1 aliphatic heterocycles. The van der Waals surface area contributed by atoms with E-state index >= 15 is 0 Å². The number of carbonyl (C=O) groups excluding carboxylic acids is 1. The van der Waals surface area contributed by atoms with Crippen LogP contribution in [-0.4, -0.2) is 32.3 Å². The Balaban J connectivity index is 1.74. The number of thiazole rings is 1. The van der Waals surface area contributed by atoms with Crippen LogP contribution >= 0.6 is 11.3 Å². The molecular weight excluding hydrogens is 286 g/mol. The number of hydrogen-bond donors (Lipinski definition) is 1. The van der Waals surface area contributed by atoms with Crippen LogP contribution < -0.4 is 5.32 Å². The molecular formula is C14H17N5OS. The third-order valence-electron chi connectivity index (χ3n) is 3.54. The Labute approximate surface area is 127 Å². The number of rotatable bonds is 4. The fraction of sp³-hybridized carbons (Fsp3) is 0.429. The molecule has 0 aliphatic carbocycles. The summed E-state index contributed by atoms with van der Waals surface area (Å²) in [5, 5.41) is 5.93. The molecule has 0 aromatic carbocycles. The summed E-state index contributed by atoms with van der Waals surface area (Å²) in [6.45, 7) is 2.74. The van der Waals surface area contributed by atoms with Crippen molar-refractivity contribution in [3.8, 4) is 0 Å². The Kier molecular flexibility index (Phi) is 4.10. The van der Waals surface area contributed by atoms with Gasteiger partial charge in [-0.25, -0.2) is 9.97 Å². The minimum absolute atomic E-state index is 0.117. The molecule has 0 saturated carbocycles. The van der Waals surface area contributed by atoms with E-state index in [1.165, 1.54) is 11.3 Å². The van der Waals surface area contributed by atoms with Crippen LogP contribution in [0.2, 0.25) is 0 Å². The molecule has 3 rings (SSSR count). The molecule has 21 heavy (non-hydrogen) atoms. The number of anilines is 2. The van der Waals surface area contributed by atoms with Crippen LogP contribution in [-0.2, 0) is 4.79 Å². The Bertz CT molecular complexity index is 615. The predicted octanol–water partition coefficient (Wildman–Crippen LogP) is 2.75. The zero-order valence-corrected chi connectivity index (χ0v) is 12.6. The summed E-state index contributed by atoms with van der Waals surface area (Å²) >= 11 is 1.52. The van der Waals surface area contributed by atoms with Crippen molar-refractivity contribution in [2.45, 2.75) is 32.2 Å². The summed E-state index contributed by atoms with van der Waals surface area (Å²) < 4.78 is 0. The summed E-state index contributed by atoms with van der Waals surface area (Å²) in [4.78, 5) is 26.7. The number of amides is 1. The molecule has 0 spiro atoms. The lowest BCUT2D eigenvalue weighted by molar-refractivity contribution is -0.131. The Morgan fingerprint density at radius 1 is 1.52 bits per heavy atom. The molecule has 7 heteroatoms. The van der Waals surface area contributed by atoms with Crippen LogP contribution in [0.25, 0.3) is 0 Å². The molecule has 2 aromatic rings. The molecule has 2 aromatic heterocycles. The first-order chi connectivity index (χ1) is 10.3. The number of nitrogens with one attached hydrogen (secondary N) is 1. The van der Waals surface area contributed by atoms with Crippen molar-refractivity contribution >= 4 is 28.2 Å². The van der Waals surface area contributed by atoms with Gasteiger partial charge in [0.15, 0.2) is 10.9 Å². The largest absolute Gasteiger partial charge is 0.334 e. The summed E-state index contributed by atoms with van der Waals surface area (Å²) in [5.74, 6) is 0.875. The molecule has 3 heterocycles. The zero-order chi connectivity index (χ0) is 14.7. The standard InChI is InChI=1S/C14H17N5OS/c1-2-13(20)19-7-3-4-11(19)10-9-21-14(17-10)18-12-8-15-5-6-16-12/h5-6,8-9,11H,2-4,7H2,1H3,(H,16,17,18)/t11-/m1/s1. The van der Waals surface area contributed by atoms with Crippen LogP contribution in [0.1, 0.15) is 37.9 Å². The normalized spacial score (nSPS) is 18.0. The van der Waals surface area contributed by atoms with Crippen molar-refractivity contribution in [1.82, 2.24) is 19.9 Å². The summed E-state index contributed by atoms with van der Waals surface area (Å²) in [6.07, 6.45) is 7.50. The van der Waals surface area contributed by atoms with Crippen LogP contribution in [0.15, 0.2) is 24.0 Å². The number of hydrogen-bond acceptors (Lipinski definition) is 6. The Morgan fingerprint density at radius 3 is 3.19 bits per heavy atom. The molecule has 1 aliphatic rings. The lowest BCUT2D eigenvalue weighted by atomic mass is 10.1. The molecule has 6 nitrogen and oxygen atoms in total. The highest BCUT2D eigenvalue weighted by Crippen LogP contribution is 2.34. The van der Waals surface area contributed by atoms with Crippen LogP contribution in [0.5, 0.6) is 0 Å². The molecule has 0 unspecified atom stereocenters. The Hall–Kier alpha value is -2.02. The van der Waals surface area contributed by atoms with E-state index in [0.29, 0.717) is 12.2 Å². The van der Waals surface area contributed by atoms with E-state index < -0.39 is 0 Å². The maximum atomic E-state index is 12.0. The topological polar surface area (TPSA) is 71.0 Å². The summed E-state index contributed by atoms with van der Waals surface area (Å²) in [6, 6.07) is 0.117. The monoisotopic (exact) mass is 303 g/mol. The molecule has 1 atom stereocenters. The van der Waals surface area contributed by atoms with Gasteiger partial charge in [-0.2, -0.15) is 0 Å². The van der Waals surface area contributed by atoms with Crippen molar-refractivity contribution in [3.63, 3.8) is 0 Å². The van der Waals surface area contributed by atoms with Crippen molar-refractivity contribution in [3.05, 3.63) is 29.7 Å². The molecule has 0 bridgehead atoms. The molecule has 1 fully saturated rings. The Morgan fingerprint density at radius 2 is 2.43 bits per heavy atom. The maximum Gasteiger partial charge on any atom is 0.222 e. The van der Waals surface area contributed by atoms with E-state index in [4.69, 9.17) is 0 Å². The quantitative estimate of drug-likeness (QED) is 0.940. The number of nitrogens with zero attached hydrogens (tertiary/aromatic N) is 4. The number of carbonyl (C=O) groups is 1. The van der Waals surface area contributed by atoms with E-state index in [1.807, 2.05) is 17.2 Å². The summed E-state index contributed by atoms with van der Waals surface area (Å²) in [5.41, 5.74) is 0.964. The second-order valence-corrected chi connectivity index (χ2v) is 5.75. The van der Waals surface area contributed by atoms with E-state index in [1.54, 1.807) is 18.6 Å². The molecule has 1 saturated heterocycles. The smallest absolute Gasteiger partial charge is 0.222 e.